The van der Waals surface area contributed by atoms with Gasteiger partial charge in [-0.05, 0) is 103 Å². The zero-order chi connectivity index (χ0) is 47.9. The zero-order valence-corrected chi connectivity index (χ0v) is 42.2. The van der Waals surface area contributed by atoms with Crippen molar-refractivity contribution < 1.29 is 56.9 Å². The summed E-state index contributed by atoms with van der Waals surface area (Å²) < 4.78 is 61.0. The highest BCUT2D eigenvalue weighted by molar-refractivity contribution is 5.75. The summed E-state index contributed by atoms with van der Waals surface area (Å²) in [5, 5.41) is 2.89. The first-order chi connectivity index (χ1) is 32.3. The summed E-state index contributed by atoms with van der Waals surface area (Å²) in [6.45, 7) is 24.8. The lowest BCUT2D eigenvalue weighted by atomic mass is 9.72. The van der Waals surface area contributed by atoms with E-state index in [2.05, 4.69) is 76.4 Å². The molecule has 0 atom stereocenters. The van der Waals surface area contributed by atoms with E-state index in [0.29, 0.717) is 152 Å². The van der Waals surface area contributed by atoms with Crippen LogP contribution in [0.5, 0.6) is 0 Å². The Labute approximate surface area is 400 Å². The van der Waals surface area contributed by atoms with Gasteiger partial charge >= 0.3 is 0 Å². The lowest BCUT2D eigenvalue weighted by Crippen LogP contribution is -2.26. The maximum atomic E-state index is 12.0. The van der Waals surface area contributed by atoms with E-state index in [4.69, 9.17) is 57.8 Å². The summed E-state index contributed by atoms with van der Waals surface area (Å²) in [6.07, 6.45) is 24.1. The zero-order valence-electron chi connectivity index (χ0n) is 42.2. The minimum absolute atomic E-state index is 0.0367. The average Bonchev–Trinajstić information content (AvgIpc) is 3.29. The fraction of sp³-hybridized carbons (Fsp3) is 0.788. The number of rotatable bonds is 48. The molecule has 14 nitrogen and oxygen atoms in total. The topological polar surface area (TPSA) is 157 Å². The van der Waals surface area contributed by atoms with E-state index in [-0.39, 0.29) is 11.3 Å². The number of nitrogens with two attached hydrogens (primary N) is 1. The Hall–Kier alpha value is -2.31. The van der Waals surface area contributed by atoms with E-state index in [9.17, 15) is 4.79 Å². The number of carbonyl (C=O) groups is 1. The van der Waals surface area contributed by atoms with Crippen LogP contribution in [0.1, 0.15) is 105 Å². The normalized spacial score (nSPS) is 14.7. The molecule has 384 valence electrons. The molecule has 1 aliphatic carbocycles. The van der Waals surface area contributed by atoms with E-state index in [0.717, 1.165) is 58.2 Å². The van der Waals surface area contributed by atoms with Crippen molar-refractivity contribution in [2.45, 2.75) is 105 Å². The molecule has 0 radical (unpaired) electrons. The molecule has 0 aromatic heterocycles. The first kappa shape index (κ1) is 61.7. The third kappa shape index (κ3) is 40.7. The van der Waals surface area contributed by atoms with Crippen molar-refractivity contribution in [2.24, 2.45) is 11.1 Å². The van der Waals surface area contributed by atoms with Gasteiger partial charge in [-0.2, -0.15) is 0 Å². The van der Waals surface area contributed by atoms with Crippen LogP contribution in [0.2, 0.25) is 0 Å². The van der Waals surface area contributed by atoms with Crippen molar-refractivity contribution in [1.29, 1.82) is 0 Å². The predicted molar refractivity (Wildman–Crippen MR) is 264 cm³/mol. The number of unbranched alkanes of at least 4 members (excludes halogenated alkanes) is 3. The van der Waals surface area contributed by atoms with E-state index in [1.807, 2.05) is 0 Å². The largest absolute Gasteiger partial charge is 0.379 e. The molecule has 0 unspecified atom stereocenters. The van der Waals surface area contributed by atoms with Crippen LogP contribution in [0.25, 0.3) is 0 Å². The van der Waals surface area contributed by atoms with Gasteiger partial charge in [-0.3, -0.25) is 4.79 Å². The number of hydrogen-bond acceptors (Lipinski definition) is 13. The number of carbonyl (C=O) groups excluding carboxylic acids is 1. The summed E-state index contributed by atoms with van der Waals surface area (Å²) in [6, 6.07) is 0. The lowest BCUT2D eigenvalue weighted by Gasteiger charge is -2.32. The van der Waals surface area contributed by atoms with Crippen LogP contribution < -0.4 is 11.1 Å². The number of nitrogens with one attached hydrogen (secondary N) is 1. The van der Waals surface area contributed by atoms with Crippen LogP contribution in [-0.4, -0.2) is 164 Å². The molecular weight excluding hydrogens is 845 g/mol. The first-order valence-corrected chi connectivity index (χ1v) is 25.0. The van der Waals surface area contributed by atoms with Gasteiger partial charge in [-0.1, -0.05) is 67.0 Å². The van der Waals surface area contributed by atoms with Crippen LogP contribution in [0.3, 0.4) is 0 Å². The average molecular weight is 939 g/mol. The Bertz CT molecular complexity index is 1290. The van der Waals surface area contributed by atoms with E-state index < -0.39 is 0 Å². The number of amides is 1. The Morgan fingerprint density at radius 1 is 0.561 bits per heavy atom. The minimum atomic E-state index is -0.0367. The monoisotopic (exact) mass is 939 g/mol. The number of ether oxygens (including phenoxy) is 11. The van der Waals surface area contributed by atoms with Crippen LogP contribution in [0, 0.1) is 5.41 Å². The van der Waals surface area contributed by atoms with Gasteiger partial charge in [0, 0.05) is 46.0 Å². The van der Waals surface area contributed by atoms with Crippen LogP contribution in [0.4, 0.5) is 0 Å². The Kier molecular flexibility index (Phi) is 43.4. The molecule has 0 saturated carbocycles. The lowest BCUT2D eigenvalue weighted by molar-refractivity contribution is -0.122. The van der Waals surface area contributed by atoms with Crippen molar-refractivity contribution in [3.63, 3.8) is 0 Å². The summed E-state index contributed by atoms with van der Waals surface area (Å²) in [5.41, 5.74) is 11.2. The van der Waals surface area contributed by atoms with Gasteiger partial charge in [-0.15, -0.1) is 0 Å². The van der Waals surface area contributed by atoms with Crippen molar-refractivity contribution in [3.05, 3.63) is 58.7 Å². The molecule has 0 aromatic carbocycles. The molecule has 0 heterocycles. The van der Waals surface area contributed by atoms with Gasteiger partial charge in [0.15, 0.2) is 0 Å². The Morgan fingerprint density at radius 2 is 1.00 bits per heavy atom. The molecule has 1 aliphatic rings. The predicted octanol–water partition coefficient (Wildman–Crippen LogP) is 7.90. The molecule has 66 heavy (non-hydrogen) atoms. The summed E-state index contributed by atoms with van der Waals surface area (Å²) in [5.74, 6) is -0.0367. The first-order valence-electron chi connectivity index (χ1n) is 25.0. The van der Waals surface area contributed by atoms with Crippen LogP contribution in [0.15, 0.2) is 58.7 Å². The van der Waals surface area contributed by atoms with Crippen LogP contribution >= 0.6 is 0 Å². The molecule has 3 N–H and O–H groups in total. The van der Waals surface area contributed by atoms with E-state index >= 15 is 0 Å². The third-order valence-electron chi connectivity index (χ3n) is 10.5. The second kappa shape index (κ2) is 46.4. The van der Waals surface area contributed by atoms with Crippen molar-refractivity contribution >= 4 is 5.91 Å². The molecule has 1 rings (SSSR count). The van der Waals surface area contributed by atoms with Crippen molar-refractivity contribution in [1.82, 2.24) is 5.32 Å². The maximum Gasteiger partial charge on any atom is 0.222 e. The van der Waals surface area contributed by atoms with Gasteiger partial charge in [0.25, 0.3) is 0 Å². The van der Waals surface area contributed by atoms with Gasteiger partial charge in [0.05, 0.1) is 112 Å². The molecule has 14 heteroatoms. The molecule has 0 bridgehead atoms. The Morgan fingerprint density at radius 3 is 1.48 bits per heavy atom. The van der Waals surface area contributed by atoms with Gasteiger partial charge in [0.2, 0.25) is 5.91 Å². The van der Waals surface area contributed by atoms with E-state index in [1.54, 1.807) is 0 Å². The molecule has 0 fully saturated rings. The summed E-state index contributed by atoms with van der Waals surface area (Å²) in [7, 11) is 0. The second-order valence-electron chi connectivity index (χ2n) is 17.0. The molecule has 0 saturated heterocycles. The second-order valence-corrected chi connectivity index (χ2v) is 17.0. The molecule has 1 amide bonds. The Balaban J connectivity index is 1.76. The summed E-state index contributed by atoms with van der Waals surface area (Å²) >= 11 is 0. The summed E-state index contributed by atoms with van der Waals surface area (Å²) in [4.78, 5) is 12.0. The highest BCUT2D eigenvalue weighted by Gasteiger charge is 2.26. The number of hydrogen-bond donors (Lipinski definition) is 2. The molecule has 0 aliphatic heterocycles. The molecule has 0 aromatic rings. The number of allylic oxidation sites excluding steroid dienone is 10. The van der Waals surface area contributed by atoms with Gasteiger partial charge in [-0.25, -0.2) is 0 Å². The highest BCUT2D eigenvalue weighted by Crippen LogP contribution is 2.40. The fourth-order valence-corrected chi connectivity index (χ4v) is 6.71. The molecule has 0 spiro atoms. The van der Waals surface area contributed by atoms with E-state index in [1.165, 1.54) is 41.6 Å². The van der Waals surface area contributed by atoms with Crippen LogP contribution in [-0.2, 0) is 56.9 Å². The molecular formula is C52H94N2O12. The third-order valence-corrected chi connectivity index (χ3v) is 10.5. The fourth-order valence-electron chi connectivity index (χ4n) is 6.71. The van der Waals surface area contributed by atoms with Gasteiger partial charge < -0.3 is 63.2 Å². The smallest absolute Gasteiger partial charge is 0.222 e. The highest BCUT2D eigenvalue weighted by atomic mass is 16.6. The maximum absolute atomic E-state index is 12.0. The van der Waals surface area contributed by atoms with Gasteiger partial charge in [0.1, 0.15) is 0 Å². The quantitative estimate of drug-likeness (QED) is 0.0449. The standard InChI is InChI=1S/C52H94N2O12/c1-47(16-11-17-48(2)19-20-50-49(3)18-12-22-52(50,4)5)15-7-10-27-58-33-39-63-41-35-60-29-14-24-54-51(55)21-30-61-36-42-65-44-46-66-45-43-64-38-32-57-26-9-6-8-25-56-31-37-62-40-34-59-28-13-23-53/h11,15-17,19-20H,6-10,12-14,18,21-46,53H2,1-5H3,(H,54,55)/b16-11+,20-19+,47-15+,48-17+. The minimum Gasteiger partial charge on any atom is -0.379 e. The SMILES string of the molecule is CC1=C(/C=C/C(C)=C/C=C/C(C)=C/CCCOCCOCCOCCCNC(=O)CCOCCOCCOCCOCCOCCCCCOCCOCCOCCCN)C(C)(C)CCC1. The van der Waals surface area contributed by atoms with Crippen molar-refractivity contribution in [2.75, 3.05) is 158 Å². The van der Waals surface area contributed by atoms with Crippen molar-refractivity contribution in [3.8, 4) is 0 Å².